The van der Waals surface area contributed by atoms with Crippen LogP contribution in [0.25, 0.3) is 0 Å². The van der Waals surface area contributed by atoms with Crippen LogP contribution in [0.3, 0.4) is 0 Å². The number of ether oxygens (including phenoxy) is 2. The fourth-order valence-corrected chi connectivity index (χ4v) is 4.14. The van der Waals surface area contributed by atoms with Gasteiger partial charge in [-0.2, -0.15) is 0 Å². The Morgan fingerprint density at radius 2 is 1.76 bits per heavy atom. The van der Waals surface area contributed by atoms with Gasteiger partial charge in [0.15, 0.2) is 23.1 Å². The SMILES string of the molecule is CN(CC(=O)NC1(c2ccc3c(c2)OCCO3)CCCC1)c1ccc(F)c(F)c1. The average molecular weight is 402 g/mol. The minimum Gasteiger partial charge on any atom is -0.486 e. The summed E-state index contributed by atoms with van der Waals surface area (Å²) in [5.41, 5.74) is 0.990. The third kappa shape index (κ3) is 3.99. The first-order chi connectivity index (χ1) is 14.0. The van der Waals surface area contributed by atoms with E-state index in [1.165, 1.54) is 6.07 Å². The maximum Gasteiger partial charge on any atom is 0.240 e. The second kappa shape index (κ2) is 7.89. The number of nitrogens with zero attached hydrogens (tertiary/aromatic N) is 1. The lowest BCUT2D eigenvalue weighted by molar-refractivity contribution is -0.121. The Morgan fingerprint density at radius 1 is 1.03 bits per heavy atom. The predicted octanol–water partition coefficient (Wildman–Crippen LogP) is 3.76. The van der Waals surface area contributed by atoms with E-state index in [2.05, 4.69) is 5.32 Å². The van der Waals surface area contributed by atoms with E-state index in [1.54, 1.807) is 11.9 Å². The van der Waals surface area contributed by atoms with Crippen molar-refractivity contribution in [2.24, 2.45) is 0 Å². The second-order valence-electron chi connectivity index (χ2n) is 7.65. The summed E-state index contributed by atoms with van der Waals surface area (Å²) in [5.74, 6) is -0.590. The first-order valence-corrected chi connectivity index (χ1v) is 9.84. The number of hydrogen-bond acceptors (Lipinski definition) is 4. The van der Waals surface area contributed by atoms with Crippen LogP contribution in [0.4, 0.5) is 14.5 Å². The van der Waals surface area contributed by atoms with Crippen LogP contribution in [-0.4, -0.2) is 32.7 Å². The molecule has 1 saturated carbocycles. The summed E-state index contributed by atoms with van der Waals surface area (Å²) in [4.78, 5) is 14.4. The molecule has 1 N–H and O–H groups in total. The average Bonchev–Trinajstić information content (AvgIpc) is 3.19. The largest absolute Gasteiger partial charge is 0.486 e. The third-order valence-corrected chi connectivity index (χ3v) is 5.66. The number of nitrogens with one attached hydrogen (secondary N) is 1. The molecule has 5 nitrogen and oxygen atoms in total. The highest BCUT2D eigenvalue weighted by molar-refractivity contribution is 5.82. The van der Waals surface area contributed by atoms with Crippen LogP contribution in [0.1, 0.15) is 31.2 Å². The van der Waals surface area contributed by atoms with Crippen molar-refractivity contribution in [3.05, 3.63) is 53.6 Å². The van der Waals surface area contributed by atoms with Gasteiger partial charge in [0.25, 0.3) is 0 Å². The quantitative estimate of drug-likeness (QED) is 0.828. The maximum atomic E-state index is 13.5. The molecular formula is C22H24F2N2O3. The van der Waals surface area contributed by atoms with Crippen molar-refractivity contribution in [2.75, 3.05) is 31.7 Å². The van der Waals surface area contributed by atoms with E-state index < -0.39 is 17.2 Å². The van der Waals surface area contributed by atoms with E-state index in [9.17, 15) is 13.6 Å². The standard InChI is InChI=1S/C22H24F2N2O3/c1-26(16-5-6-17(23)18(24)13-16)14-21(27)25-22(8-2-3-9-22)15-4-7-19-20(12-15)29-11-10-28-19/h4-7,12-13H,2-3,8-11,14H2,1H3,(H,25,27). The summed E-state index contributed by atoms with van der Waals surface area (Å²) in [6, 6.07) is 9.44. The zero-order chi connectivity index (χ0) is 20.4. The Bertz CT molecular complexity index is 913. The van der Waals surface area contributed by atoms with Crippen LogP contribution < -0.4 is 19.7 Å². The number of likely N-dealkylation sites (N-methyl/N-ethyl adjacent to an activating group) is 1. The molecule has 1 amide bonds. The van der Waals surface area contributed by atoms with E-state index >= 15 is 0 Å². The van der Waals surface area contributed by atoms with Gasteiger partial charge in [-0.25, -0.2) is 8.78 Å². The second-order valence-corrected chi connectivity index (χ2v) is 7.65. The topological polar surface area (TPSA) is 50.8 Å². The molecule has 1 aliphatic heterocycles. The molecule has 2 aromatic carbocycles. The van der Waals surface area contributed by atoms with Gasteiger partial charge in [-0.3, -0.25) is 4.79 Å². The number of benzene rings is 2. The van der Waals surface area contributed by atoms with Gasteiger partial charge in [0, 0.05) is 18.8 Å². The van der Waals surface area contributed by atoms with Gasteiger partial charge in [0.1, 0.15) is 13.2 Å². The number of hydrogen-bond donors (Lipinski definition) is 1. The van der Waals surface area contributed by atoms with Gasteiger partial charge in [0.2, 0.25) is 5.91 Å². The van der Waals surface area contributed by atoms with Gasteiger partial charge in [-0.1, -0.05) is 18.9 Å². The third-order valence-electron chi connectivity index (χ3n) is 5.66. The van der Waals surface area contributed by atoms with Crippen molar-refractivity contribution in [1.82, 2.24) is 5.32 Å². The van der Waals surface area contributed by atoms with Crippen molar-refractivity contribution in [3.8, 4) is 11.5 Å². The van der Waals surface area contributed by atoms with E-state index in [0.29, 0.717) is 24.7 Å². The van der Waals surface area contributed by atoms with Gasteiger partial charge in [-0.15, -0.1) is 0 Å². The van der Waals surface area contributed by atoms with E-state index in [0.717, 1.165) is 49.1 Å². The molecule has 0 spiro atoms. The van der Waals surface area contributed by atoms with Crippen LogP contribution >= 0.6 is 0 Å². The molecule has 1 fully saturated rings. The molecule has 1 aliphatic carbocycles. The lowest BCUT2D eigenvalue weighted by Gasteiger charge is -2.33. The minimum atomic E-state index is -0.932. The summed E-state index contributed by atoms with van der Waals surface area (Å²) in [6.45, 7) is 1.08. The Kier molecular flexibility index (Phi) is 5.30. The number of fused-ring (bicyclic) bond motifs is 1. The number of amides is 1. The highest BCUT2D eigenvalue weighted by atomic mass is 19.2. The summed E-state index contributed by atoms with van der Waals surface area (Å²) >= 11 is 0. The normalized spacial score (nSPS) is 17.1. The lowest BCUT2D eigenvalue weighted by atomic mass is 9.87. The Hall–Kier alpha value is -2.83. The van der Waals surface area contributed by atoms with Crippen LogP contribution in [0.2, 0.25) is 0 Å². The van der Waals surface area contributed by atoms with Gasteiger partial charge < -0.3 is 19.7 Å². The fraction of sp³-hybridized carbons (Fsp3) is 0.409. The fourth-order valence-electron chi connectivity index (χ4n) is 4.14. The van der Waals surface area contributed by atoms with E-state index in [1.807, 2.05) is 18.2 Å². The molecule has 154 valence electrons. The number of halogens is 2. The summed E-state index contributed by atoms with van der Waals surface area (Å²) < 4.78 is 38.0. The summed E-state index contributed by atoms with van der Waals surface area (Å²) in [5, 5.41) is 3.20. The molecule has 0 bridgehead atoms. The smallest absolute Gasteiger partial charge is 0.240 e. The van der Waals surface area contributed by atoms with E-state index in [-0.39, 0.29) is 12.5 Å². The molecule has 4 rings (SSSR count). The summed E-state index contributed by atoms with van der Waals surface area (Å²) in [7, 11) is 1.68. The molecule has 29 heavy (non-hydrogen) atoms. The first-order valence-electron chi connectivity index (χ1n) is 9.84. The van der Waals surface area contributed by atoms with Crippen LogP contribution in [0.15, 0.2) is 36.4 Å². The monoisotopic (exact) mass is 402 g/mol. The van der Waals surface area contributed by atoms with Crippen LogP contribution in [0.5, 0.6) is 11.5 Å². The minimum absolute atomic E-state index is 0.0391. The number of anilines is 1. The molecule has 0 aromatic heterocycles. The number of rotatable bonds is 5. The molecule has 7 heteroatoms. The van der Waals surface area contributed by atoms with Crippen LogP contribution in [0, 0.1) is 11.6 Å². The van der Waals surface area contributed by atoms with Crippen molar-refractivity contribution >= 4 is 11.6 Å². The molecular weight excluding hydrogens is 378 g/mol. The van der Waals surface area contributed by atoms with Crippen molar-refractivity contribution in [2.45, 2.75) is 31.2 Å². The zero-order valence-electron chi connectivity index (χ0n) is 16.3. The van der Waals surface area contributed by atoms with Gasteiger partial charge >= 0.3 is 0 Å². The Balaban J connectivity index is 1.50. The van der Waals surface area contributed by atoms with Gasteiger partial charge in [-0.05, 0) is 42.7 Å². The Labute approximate surface area is 168 Å². The highest BCUT2D eigenvalue weighted by Gasteiger charge is 2.38. The predicted molar refractivity (Wildman–Crippen MR) is 105 cm³/mol. The molecule has 2 aliphatic rings. The van der Waals surface area contributed by atoms with Crippen LogP contribution in [-0.2, 0) is 10.3 Å². The van der Waals surface area contributed by atoms with Gasteiger partial charge in [0.05, 0.1) is 12.1 Å². The molecule has 0 radical (unpaired) electrons. The number of carbonyl (C=O) groups is 1. The highest BCUT2D eigenvalue weighted by Crippen LogP contribution is 2.42. The molecule has 1 heterocycles. The maximum absolute atomic E-state index is 13.5. The Morgan fingerprint density at radius 3 is 2.48 bits per heavy atom. The first kappa shape index (κ1) is 19.5. The van der Waals surface area contributed by atoms with Crippen molar-refractivity contribution < 1.29 is 23.0 Å². The van der Waals surface area contributed by atoms with E-state index in [4.69, 9.17) is 9.47 Å². The number of carbonyl (C=O) groups excluding carboxylic acids is 1. The molecule has 0 saturated heterocycles. The zero-order valence-corrected chi connectivity index (χ0v) is 16.3. The summed E-state index contributed by atoms with van der Waals surface area (Å²) in [6.07, 6.45) is 3.72. The molecule has 2 aromatic rings. The molecule has 0 unspecified atom stereocenters. The molecule has 0 atom stereocenters. The van der Waals surface area contributed by atoms with Crippen molar-refractivity contribution in [3.63, 3.8) is 0 Å². The van der Waals surface area contributed by atoms with Crippen molar-refractivity contribution in [1.29, 1.82) is 0 Å². The lowest BCUT2D eigenvalue weighted by Crippen LogP contribution is -2.47.